The number of rotatable bonds is 5. The van der Waals surface area contributed by atoms with Crippen LogP contribution in [0.3, 0.4) is 0 Å². The Labute approximate surface area is 159 Å². The zero-order valence-electron chi connectivity index (χ0n) is 14.3. The van der Waals surface area contributed by atoms with E-state index in [0.717, 1.165) is 5.56 Å². The topological polar surface area (TPSA) is 66.5 Å². The van der Waals surface area contributed by atoms with Crippen LogP contribution in [0.2, 0.25) is 5.02 Å². The number of carbonyl (C=O) groups is 1. The van der Waals surface area contributed by atoms with Crippen molar-refractivity contribution in [2.45, 2.75) is 30.2 Å². The van der Waals surface area contributed by atoms with E-state index < -0.39 is 10.0 Å². The van der Waals surface area contributed by atoms with Crippen LogP contribution in [0.5, 0.6) is 0 Å². The molecule has 138 valence electrons. The Bertz CT molecular complexity index is 863. The van der Waals surface area contributed by atoms with Crippen LogP contribution in [0, 0.1) is 0 Å². The highest BCUT2D eigenvalue weighted by Gasteiger charge is 2.26. The Hall–Kier alpha value is -1.89. The summed E-state index contributed by atoms with van der Waals surface area (Å²) in [4.78, 5) is 14.5. The predicted octanol–water partition coefficient (Wildman–Crippen LogP) is 2.85. The zero-order valence-corrected chi connectivity index (χ0v) is 15.8. The van der Waals surface area contributed by atoms with Crippen LogP contribution < -0.4 is 4.72 Å². The SMILES string of the molecule is O=C(Cc1ccccc1Cl)N1CCC(NS(=O)(=O)c2ccccc2)CC1. The normalized spacial score (nSPS) is 15.8. The molecule has 0 radical (unpaired) electrons. The Balaban J connectivity index is 1.54. The van der Waals surface area contributed by atoms with Gasteiger partial charge in [-0.3, -0.25) is 4.79 Å². The van der Waals surface area contributed by atoms with E-state index in [4.69, 9.17) is 11.6 Å². The molecule has 0 aliphatic carbocycles. The van der Waals surface area contributed by atoms with Gasteiger partial charge in [-0.2, -0.15) is 0 Å². The molecule has 0 spiro atoms. The standard InChI is InChI=1S/C19H21ClN2O3S/c20-18-9-5-4-6-15(18)14-19(23)22-12-10-16(11-13-22)21-26(24,25)17-7-2-1-3-8-17/h1-9,16,21H,10-14H2. The first kappa shape index (κ1) is 18.9. The van der Waals surface area contributed by atoms with Crippen LogP contribution in [0.25, 0.3) is 0 Å². The van der Waals surface area contributed by atoms with Gasteiger partial charge in [0.15, 0.2) is 0 Å². The Morgan fingerprint density at radius 1 is 1.04 bits per heavy atom. The summed E-state index contributed by atoms with van der Waals surface area (Å²) >= 11 is 6.11. The van der Waals surface area contributed by atoms with E-state index in [9.17, 15) is 13.2 Å². The van der Waals surface area contributed by atoms with Crippen molar-refractivity contribution in [3.05, 3.63) is 65.2 Å². The third-order valence-corrected chi connectivity index (χ3v) is 6.43. The molecule has 1 amide bonds. The fourth-order valence-corrected chi connectivity index (χ4v) is 4.58. The van der Waals surface area contributed by atoms with Gasteiger partial charge in [0.05, 0.1) is 11.3 Å². The fourth-order valence-electron chi connectivity index (χ4n) is 3.05. The molecule has 2 aromatic carbocycles. The lowest BCUT2D eigenvalue weighted by molar-refractivity contribution is -0.131. The lowest BCUT2D eigenvalue weighted by Crippen LogP contribution is -2.46. The summed E-state index contributed by atoms with van der Waals surface area (Å²) < 4.78 is 27.5. The third-order valence-electron chi connectivity index (χ3n) is 4.52. The van der Waals surface area contributed by atoms with Gasteiger partial charge in [-0.05, 0) is 36.6 Å². The number of hydrogen-bond donors (Lipinski definition) is 1. The molecule has 0 saturated carbocycles. The van der Waals surface area contributed by atoms with Gasteiger partial charge in [-0.1, -0.05) is 48.0 Å². The van der Waals surface area contributed by atoms with Gasteiger partial charge in [0.25, 0.3) is 0 Å². The van der Waals surface area contributed by atoms with E-state index in [1.54, 1.807) is 41.3 Å². The molecule has 1 saturated heterocycles. The van der Waals surface area contributed by atoms with E-state index in [1.165, 1.54) is 0 Å². The van der Waals surface area contributed by atoms with Gasteiger partial charge in [0, 0.05) is 24.2 Å². The number of piperidine rings is 1. The van der Waals surface area contributed by atoms with Crippen LogP contribution in [0.15, 0.2) is 59.5 Å². The van der Waals surface area contributed by atoms with Crippen LogP contribution in [-0.4, -0.2) is 38.4 Å². The van der Waals surface area contributed by atoms with Gasteiger partial charge in [0.1, 0.15) is 0 Å². The highest BCUT2D eigenvalue weighted by molar-refractivity contribution is 7.89. The van der Waals surface area contributed by atoms with Crippen LogP contribution >= 0.6 is 11.6 Å². The minimum atomic E-state index is -3.52. The molecular weight excluding hydrogens is 372 g/mol. The minimum absolute atomic E-state index is 0.0162. The van der Waals surface area contributed by atoms with Crippen molar-refractivity contribution in [1.29, 1.82) is 0 Å². The molecule has 0 atom stereocenters. The van der Waals surface area contributed by atoms with Crippen LogP contribution in [0.1, 0.15) is 18.4 Å². The molecule has 26 heavy (non-hydrogen) atoms. The maximum atomic E-state index is 12.5. The molecule has 7 heteroatoms. The predicted molar refractivity (Wildman–Crippen MR) is 102 cm³/mol. The van der Waals surface area contributed by atoms with Crippen molar-refractivity contribution in [3.63, 3.8) is 0 Å². The van der Waals surface area contributed by atoms with Crippen LogP contribution in [-0.2, 0) is 21.2 Å². The summed E-state index contributed by atoms with van der Waals surface area (Å²) in [7, 11) is -3.52. The van der Waals surface area contributed by atoms with Gasteiger partial charge in [0.2, 0.25) is 15.9 Å². The van der Waals surface area contributed by atoms with E-state index in [2.05, 4.69) is 4.72 Å². The second kappa shape index (κ2) is 8.20. The number of sulfonamides is 1. The molecule has 0 unspecified atom stereocenters. The van der Waals surface area contributed by atoms with Gasteiger partial charge < -0.3 is 4.90 Å². The third kappa shape index (κ3) is 4.63. The van der Waals surface area contributed by atoms with E-state index in [0.29, 0.717) is 31.0 Å². The second-order valence-corrected chi connectivity index (χ2v) is 8.48. The maximum Gasteiger partial charge on any atom is 0.240 e. The number of hydrogen-bond acceptors (Lipinski definition) is 3. The summed E-state index contributed by atoms with van der Waals surface area (Å²) in [6, 6.07) is 15.5. The Morgan fingerprint density at radius 2 is 1.65 bits per heavy atom. The summed E-state index contributed by atoms with van der Waals surface area (Å²) in [6.45, 7) is 1.07. The lowest BCUT2D eigenvalue weighted by Gasteiger charge is -2.32. The minimum Gasteiger partial charge on any atom is -0.342 e. The first-order valence-electron chi connectivity index (χ1n) is 8.54. The van der Waals surface area contributed by atoms with Crippen molar-refractivity contribution >= 4 is 27.5 Å². The number of amides is 1. The largest absolute Gasteiger partial charge is 0.342 e. The molecule has 2 aromatic rings. The van der Waals surface area contributed by atoms with Crippen molar-refractivity contribution < 1.29 is 13.2 Å². The second-order valence-electron chi connectivity index (χ2n) is 6.36. The van der Waals surface area contributed by atoms with Crippen molar-refractivity contribution in [2.24, 2.45) is 0 Å². The quantitative estimate of drug-likeness (QED) is 0.850. The molecule has 1 heterocycles. The molecule has 1 aliphatic rings. The molecule has 3 rings (SSSR count). The molecule has 0 aromatic heterocycles. The Morgan fingerprint density at radius 3 is 2.31 bits per heavy atom. The number of carbonyl (C=O) groups excluding carboxylic acids is 1. The number of halogens is 1. The summed E-state index contributed by atoms with van der Waals surface area (Å²) in [5.41, 5.74) is 0.811. The fraction of sp³-hybridized carbons (Fsp3) is 0.316. The molecule has 1 fully saturated rings. The highest BCUT2D eigenvalue weighted by atomic mass is 35.5. The summed E-state index contributed by atoms with van der Waals surface area (Å²) in [6.07, 6.45) is 1.46. The van der Waals surface area contributed by atoms with Gasteiger partial charge in [-0.25, -0.2) is 13.1 Å². The van der Waals surface area contributed by atoms with E-state index in [1.807, 2.05) is 18.2 Å². The lowest BCUT2D eigenvalue weighted by atomic mass is 10.0. The number of likely N-dealkylation sites (tertiary alicyclic amines) is 1. The van der Waals surface area contributed by atoms with Crippen LogP contribution in [0.4, 0.5) is 0 Å². The zero-order chi connectivity index (χ0) is 18.6. The first-order valence-corrected chi connectivity index (χ1v) is 10.4. The van der Waals surface area contributed by atoms with E-state index in [-0.39, 0.29) is 23.3 Å². The molecule has 5 nitrogen and oxygen atoms in total. The molecule has 1 aliphatic heterocycles. The van der Waals surface area contributed by atoms with Crippen molar-refractivity contribution in [1.82, 2.24) is 9.62 Å². The monoisotopic (exact) mass is 392 g/mol. The summed E-state index contributed by atoms with van der Waals surface area (Å²) in [5, 5.41) is 0.589. The Kier molecular flexibility index (Phi) is 5.96. The molecule has 0 bridgehead atoms. The smallest absolute Gasteiger partial charge is 0.240 e. The molecule has 1 N–H and O–H groups in total. The number of nitrogens with zero attached hydrogens (tertiary/aromatic N) is 1. The average Bonchev–Trinajstić information content (AvgIpc) is 2.64. The highest BCUT2D eigenvalue weighted by Crippen LogP contribution is 2.19. The van der Waals surface area contributed by atoms with Gasteiger partial charge >= 0.3 is 0 Å². The maximum absolute atomic E-state index is 12.5. The summed E-state index contributed by atoms with van der Waals surface area (Å²) in [5.74, 6) is 0.0162. The average molecular weight is 393 g/mol. The van der Waals surface area contributed by atoms with E-state index >= 15 is 0 Å². The molecular formula is C19H21ClN2O3S. The number of benzene rings is 2. The van der Waals surface area contributed by atoms with Crippen molar-refractivity contribution in [2.75, 3.05) is 13.1 Å². The van der Waals surface area contributed by atoms with Gasteiger partial charge in [-0.15, -0.1) is 0 Å². The van der Waals surface area contributed by atoms with Crippen molar-refractivity contribution in [3.8, 4) is 0 Å². The first-order chi connectivity index (χ1) is 12.5. The number of nitrogens with one attached hydrogen (secondary N) is 1.